The zero-order chi connectivity index (χ0) is 42.8. The van der Waals surface area contributed by atoms with Gasteiger partial charge in [0, 0.05) is 54.9 Å². The van der Waals surface area contributed by atoms with Crippen LogP contribution in [0.15, 0.2) is 67.3 Å². The summed E-state index contributed by atoms with van der Waals surface area (Å²) in [6.07, 6.45) is 7.40. The summed E-state index contributed by atoms with van der Waals surface area (Å²) in [7, 11) is -2.41. The molecule has 3 heterocycles. The molecule has 2 aliphatic heterocycles. The molecule has 2 N–H and O–H groups in total. The molecule has 0 unspecified atom stereocenters. The third-order valence-corrected chi connectivity index (χ3v) is 14.7. The SMILES string of the molecule is C=C[C@@H]1C[C@]1(NC(=O)[C@@H]1C[C@@H](Oc2cc(-c3ccccc3)nc3cc(OC)ccc23)CN1C(=O)[C@@H](CC(=O)N1CCCCC1)C(C)(C)C)C(=O)NS(=O)(=O)C1CCCCC1. The quantitative estimate of drug-likeness (QED) is 0.192. The predicted molar refractivity (Wildman–Crippen MR) is 229 cm³/mol. The third kappa shape index (κ3) is 9.18. The predicted octanol–water partition coefficient (Wildman–Crippen LogP) is 6.16. The van der Waals surface area contributed by atoms with E-state index in [-0.39, 0.29) is 37.6 Å². The molecule has 1 aromatic heterocycles. The fourth-order valence-electron chi connectivity index (χ4n) is 9.14. The molecule has 4 fully saturated rings. The summed E-state index contributed by atoms with van der Waals surface area (Å²) >= 11 is 0. The maximum absolute atomic E-state index is 15.0. The Morgan fingerprint density at radius 2 is 1.68 bits per heavy atom. The standard InChI is InChI=1S/C46H59N5O8S/c1-6-31-28-46(31,44(55)49-60(56,57)34-18-12-8-13-19-34)48-42(53)39-25-33(29-51(39)43(54)36(45(2,3)4)26-41(52)50-22-14-9-15-23-50)59-40-27-37(30-16-10-7-11-17-30)47-38-24-32(58-5)20-21-35(38)40/h6-7,10-11,16-17,20-21,24,27,31,33-34,36,39H,1,8-9,12-15,18-19,22-23,25-26,28-29H2,2-5H3,(H,48,53)(H,49,55)/t31-,33-,36-,39+,46-/m1/s1. The van der Waals surface area contributed by atoms with E-state index in [1.807, 2.05) is 80.3 Å². The average Bonchev–Trinajstić information content (AvgIpc) is 3.81. The summed E-state index contributed by atoms with van der Waals surface area (Å²) in [6, 6.07) is 15.9. The van der Waals surface area contributed by atoms with Crippen LogP contribution in [0, 0.1) is 17.3 Å². The molecule has 4 amide bonds. The van der Waals surface area contributed by atoms with E-state index in [1.165, 1.54) is 4.90 Å². The minimum Gasteiger partial charge on any atom is -0.497 e. The maximum atomic E-state index is 15.0. The number of nitrogens with one attached hydrogen (secondary N) is 2. The number of methoxy groups -OCH3 is 1. The summed E-state index contributed by atoms with van der Waals surface area (Å²) in [5.74, 6) is -2.01. The molecule has 60 heavy (non-hydrogen) atoms. The molecule has 2 aliphatic carbocycles. The molecule has 0 spiro atoms. The topological polar surface area (TPSA) is 164 Å². The number of hydrogen-bond acceptors (Lipinski definition) is 9. The van der Waals surface area contributed by atoms with Crippen LogP contribution in [-0.4, -0.2) is 96.5 Å². The van der Waals surface area contributed by atoms with Gasteiger partial charge in [0.05, 0.1) is 36.0 Å². The molecule has 322 valence electrons. The number of sulfonamides is 1. The van der Waals surface area contributed by atoms with Crippen molar-refractivity contribution in [2.24, 2.45) is 17.3 Å². The summed E-state index contributed by atoms with van der Waals surface area (Å²) in [4.78, 5) is 65.6. The van der Waals surface area contributed by atoms with Crippen LogP contribution < -0.4 is 19.5 Å². The Bertz CT molecular complexity index is 2210. The van der Waals surface area contributed by atoms with Crippen molar-refractivity contribution in [3.8, 4) is 22.8 Å². The van der Waals surface area contributed by atoms with Crippen molar-refractivity contribution in [1.82, 2.24) is 24.8 Å². The number of amides is 4. The Kier molecular flexibility index (Phi) is 12.6. The number of hydrogen-bond donors (Lipinski definition) is 2. The van der Waals surface area contributed by atoms with Gasteiger partial charge in [-0.05, 0) is 56.1 Å². The van der Waals surface area contributed by atoms with Crippen molar-refractivity contribution in [3.05, 3.63) is 67.3 Å². The summed E-state index contributed by atoms with van der Waals surface area (Å²) in [5.41, 5.74) is -0.0281. The zero-order valence-corrected chi connectivity index (χ0v) is 36.1. The first-order valence-corrected chi connectivity index (χ1v) is 23.0. The molecule has 13 nitrogen and oxygen atoms in total. The van der Waals surface area contributed by atoms with Gasteiger partial charge >= 0.3 is 0 Å². The lowest BCUT2D eigenvalue weighted by Gasteiger charge is -2.36. The van der Waals surface area contributed by atoms with Crippen LogP contribution in [0.4, 0.5) is 0 Å². The van der Waals surface area contributed by atoms with Gasteiger partial charge in [0.1, 0.15) is 29.2 Å². The number of rotatable bonds is 13. The molecule has 2 saturated heterocycles. The van der Waals surface area contributed by atoms with E-state index in [0.29, 0.717) is 54.0 Å². The zero-order valence-electron chi connectivity index (χ0n) is 35.3. The van der Waals surface area contributed by atoms with Gasteiger partial charge in [-0.15, -0.1) is 6.58 Å². The van der Waals surface area contributed by atoms with Crippen LogP contribution in [0.25, 0.3) is 22.2 Å². The van der Waals surface area contributed by atoms with Gasteiger partial charge in [0.2, 0.25) is 27.7 Å². The lowest BCUT2D eigenvalue weighted by molar-refractivity contribution is -0.148. The van der Waals surface area contributed by atoms with Crippen LogP contribution in [0.1, 0.15) is 91.4 Å². The molecular formula is C46H59N5O8S. The smallest absolute Gasteiger partial charge is 0.259 e. The molecule has 5 atom stereocenters. The number of likely N-dealkylation sites (tertiary alicyclic amines) is 2. The lowest BCUT2D eigenvalue weighted by Crippen LogP contribution is -2.58. The second kappa shape index (κ2) is 17.6. The van der Waals surface area contributed by atoms with Gasteiger partial charge in [0.15, 0.2) is 0 Å². The number of piperidine rings is 1. The molecule has 7 rings (SSSR count). The van der Waals surface area contributed by atoms with E-state index in [9.17, 15) is 27.6 Å². The van der Waals surface area contributed by atoms with Crippen LogP contribution in [-0.2, 0) is 29.2 Å². The van der Waals surface area contributed by atoms with Crippen LogP contribution in [0.3, 0.4) is 0 Å². The third-order valence-electron chi connectivity index (χ3n) is 12.9. The van der Waals surface area contributed by atoms with Crippen molar-refractivity contribution in [2.45, 2.75) is 114 Å². The minimum absolute atomic E-state index is 0.0140. The second-order valence-electron chi connectivity index (χ2n) is 18.0. The monoisotopic (exact) mass is 841 g/mol. The maximum Gasteiger partial charge on any atom is 0.259 e. The van der Waals surface area contributed by atoms with Crippen molar-refractivity contribution in [3.63, 3.8) is 0 Å². The van der Waals surface area contributed by atoms with E-state index in [4.69, 9.17) is 14.5 Å². The number of carbonyl (C=O) groups is 4. The van der Waals surface area contributed by atoms with Gasteiger partial charge < -0.3 is 24.6 Å². The van der Waals surface area contributed by atoms with Gasteiger partial charge in [-0.25, -0.2) is 13.4 Å². The minimum atomic E-state index is -3.99. The first-order valence-electron chi connectivity index (χ1n) is 21.4. The number of nitrogens with zero attached hydrogens (tertiary/aromatic N) is 3. The van der Waals surface area contributed by atoms with Crippen LogP contribution in [0.5, 0.6) is 11.5 Å². The van der Waals surface area contributed by atoms with E-state index in [2.05, 4.69) is 16.6 Å². The molecule has 0 radical (unpaired) electrons. The van der Waals surface area contributed by atoms with E-state index < -0.39 is 62.0 Å². The van der Waals surface area contributed by atoms with Crippen molar-refractivity contribution >= 4 is 44.6 Å². The number of carbonyl (C=O) groups excluding carboxylic acids is 4. The highest BCUT2D eigenvalue weighted by Crippen LogP contribution is 2.46. The molecule has 2 saturated carbocycles. The number of aromatic nitrogens is 1. The van der Waals surface area contributed by atoms with Gasteiger partial charge in [-0.2, -0.15) is 0 Å². The van der Waals surface area contributed by atoms with Gasteiger partial charge in [-0.1, -0.05) is 76.4 Å². The first-order chi connectivity index (χ1) is 28.6. The molecule has 4 aliphatic rings. The van der Waals surface area contributed by atoms with Gasteiger partial charge in [-0.3, -0.25) is 23.9 Å². The summed E-state index contributed by atoms with van der Waals surface area (Å²) in [6.45, 7) is 11.0. The number of benzene rings is 2. The molecule has 2 aromatic carbocycles. The lowest BCUT2D eigenvalue weighted by atomic mass is 9.77. The van der Waals surface area contributed by atoms with Crippen molar-refractivity contribution < 1.29 is 37.1 Å². The van der Waals surface area contributed by atoms with E-state index in [0.717, 1.165) is 44.1 Å². The van der Waals surface area contributed by atoms with E-state index in [1.54, 1.807) is 13.2 Å². The second-order valence-corrected chi connectivity index (χ2v) is 20.0. The first kappa shape index (κ1) is 43.1. The Morgan fingerprint density at radius 1 is 0.983 bits per heavy atom. The summed E-state index contributed by atoms with van der Waals surface area (Å²) in [5, 5.41) is 2.94. The van der Waals surface area contributed by atoms with Crippen molar-refractivity contribution in [2.75, 3.05) is 26.7 Å². The van der Waals surface area contributed by atoms with Crippen LogP contribution in [0.2, 0.25) is 0 Å². The number of ether oxygens (including phenoxy) is 2. The van der Waals surface area contributed by atoms with E-state index >= 15 is 0 Å². The average molecular weight is 842 g/mol. The highest BCUT2D eigenvalue weighted by atomic mass is 32.2. The Hall–Kier alpha value is -4.98. The Labute approximate surface area is 353 Å². The largest absolute Gasteiger partial charge is 0.497 e. The fourth-order valence-corrected chi connectivity index (χ4v) is 10.7. The summed E-state index contributed by atoms with van der Waals surface area (Å²) < 4.78 is 41.4. The molecular weight excluding hydrogens is 783 g/mol. The number of pyridine rings is 1. The number of fused-ring (bicyclic) bond motifs is 1. The highest BCUT2D eigenvalue weighted by molar-refractivity contribution is 7.90. The van der Waals surface area contributed by atoms with Crippen LogP contribution >= 0.6 is 0 Å². The molecule has 3 aromatic rings. The van der Waals surface area contributed by atoms with Gasteiger partial charge in [0.25, 0.3) is 5.91 Å². The molecule has 14 heteroatoms. The fraction of sp³-hybridized carbons (Fsp3) is 0.543. The Balaban J connectivity index is 1.20. The normalized spacial score (nSPS) is 24.0. The van der Waals surface area contributed by atoms with Crippen molar-refractivity contribution in [1.29, 1.82) is 0 Å². The molecule has 0 bridgehead atoms. The highest BCUT2D eigenvalue weighted by Gasteiger charge is 2.62. The Morgan fingerprint density at radius 3 is 2.33 bits per heavy atom.